The van der Waals surface area contributed by atoms with Gasteiger partial charge < -0.3 is 4.74 Å². The van der Waals surface area contributed by atoms with Crippen LogP contribution in [-0.2, 0) is 14.8 Å². The molecule has 0 saturated carbocycles. The predicted molar refractivity (Wildman–Crippen MR) is 60.7 cm³/mol. The van der Waals surface area contributed by atoms with Gasteiger partial charge in [-0.2, -0.15) is 0 Å². The van der Waals surface area contributed by atoms with E-state index in [0.29, 0.717) is 18.9 Å². The monoisotopic (exact) mass is 255 g/mol. The number of sulfonamides is 1. The van der Waals surface area contributed by atoms with Crippen molar-refractivity contribution >= 4 is 21.6 Å². The molecule has 1 N–H and O–H groups in total. The summed E-state index contributed by atoms with van der Waals surface area (Å²) in [6.45, 7) is 2.59. The Labute approximate surface area is 96.4 Å². The molecule has 0 aromatic heterocycles. The number of hydrogen-bond acceptors (Lipinski definition) is 3. The van der Waals surface area contributed by atoms with Crippen LogP contribution in [0.25, 0.3) is 0 Å². The molecular weight excluding hydrogens is 238 g/mol. The fraction of sp³-hybridized carbons (Fsp3) is 1.00. The minimum absolute atomic E-state index is 0.0223. The van der Waals surface area contributed by atoms with Gasteiger partial charge >= 0.3 is 0 Å². The normalized spacial score (nSPS) is 27.9. The van der Waals surface area contributed by atoms with E-state index < -0.39 is 10.0 Å². The molecule has 0 spiro atoms. The van der Waals surface area contributed by atoms with Crippen LogP contribution in [0.5, 0.6) is 0 Å². The molecule has 1 fully saturated rings. The van der Waals surface area contributed by atoms with E-state index in [1.54, 1.807) is 0 Å². The average Bonchev–Trinajstić information content (AvgIpc) is 2.14. The van der Waals surface area contributed by atoms with Crippen LogP contribution < -0.4 is 4.72 Å². The van der Waals surface area contributed by atoms with E-state index in [4.69, 9.17) is 16.3 Å². The number of ether oxygens (including phenoxy) is 1. The summed E-state index contributed by atoms with van der Waals surface area (Å²) in [5, 5.41) is 0. The van der Waals surface area contributed by atoms with Gasteiger partial charge in [0.05, 0.1) is 11.9 Å². The molecule has 6 heteroatoms. The zero-order chi connectivity index (χ0) is 11.3. The lowest BCUT2D eigenvalue weighted by atomic mass is 10.1. The molecular formula is C9H18ClNO3S. The standard InChI is InChI=1S/C9H18ClNO3S/c1-8-7-9(3-5-14-8)11-15(12,13)6-2-4-10/h8-9,11H,2-7H2,1H3. The number of nitrogens with one attached hydrogen (secondary N) is 1. The number of rotatable bonds is 5. The zero-order valence-corrected chi connectivity index (χ0v) is 10.5. The Hall–Kier alpha value is 0.160. The molecule has 1 saturated heterocycles. The van der Waals surface area contributed by atoms with Gasteiger partial charge in [-0.15, -0.1) is 11.6 Å². The van der Waals surface area contributed by atoms with Crippen LogP contribution in [0.1, 0.15) is 26.2 Å². The Morgan fingerprint density at radius 1 is 1.53 bits per heavy atom. The van der Waals surface area contributed by atoms with Crippen molar-refractivity contribution in [1.82, 2.24) is 4.72 Å². The fourth-order valence-electron chi connectivity index (χ4n) is 1.66. The fourth-order valence-corrected chi connectivity index (χ4v) is 3.32. The first-order valence-corrected chi connectivity index (χ1v) is 7.40. The summed E-state index contributed by atoms with van der Waals surface area (Å²) < 4.78 is 31.1. The van der Waals surface area contributed by atoms with Gasteiger partial charge in [0.15, 0.2) is 0 Å². The predicted octanol–water partition coefficient (Wildman–Crippen LogP) is 1.10. The van der Waals surface area contributed by atoms with E-state index in [0.717, 1.165) is 12.8 Å². The van der Waals surface area contributed by atoms with Crippen molar-refractivity contribution in [3.8, 4) is 0 Å². The highest BCUT2D eigenvalue weighted by Gasteiger charge is 2.23. The van der Waals surface area contributed by atoms with E-state index >= 15 is 0 Å². The minimum Gasteiger partial charge on any atom is -0.378 e. The van der Waals surface area contributed by atoms with Gasteiger partial charge in [-0.25, -0.2) is 13.1 Å². The quantitative estimate of drug-likeness (QED) is 0.749. The summed E-state index contributed by atoms with van der Waals surface area (Å²) in [6.07, 6.45) is 2.14. The van der Waals surface area contributed by atoms with Crippen LogP contribution in [0.4, 0.5) is 0 Å². The number of alkyl halides is 1. The Bertz CT molecular complexity index is 281. The lowest BCUT2D eigenvalue weighted by Gasteiger charge is -2.27. The molecule has 0 aromatic rings. The highest BCUT2D eigenvalue weighted by molar-refractivity contribution is 7.89. The highest BCUT2D eigenvalue weighted by Crippen LogP contribution is 2.14. The van der Waals surface area contributed by atoms with Crippen LogP contribution in [0.2, 0.25) is 0 Å². The largest absolute Gasteiger partial charge is 0.378 e. The summed E-state index contributed by atoms with van der Waals surface area (Å²) in [5.74, 6) is 0.493. The van der Waals surface area contributed by atoms with Crippen LogP contribution in [0.3, 0.4) is 0 Å². The van der Waals surface area contributed by atoms with Gasteiger partial charge in [0.1, 0.15) is 0 Å². The second-order valence-corrected chi connectivity index (χ2v) is 6.13. The van der Waals surface area contributed by atoms with E-state index in [1.165, 1.54) is 0 Å². The zero-order valence-electron chi connectivity index (χ0n) is 8.91. The molecule has 0 aliphatic carbocycles. The van der Waals surface area contributed by atoms with Gasteiger partial charge in [-0.05, 0) is 26.2 Å². The molecule has 0 bridgehead atoms. The summed E-state index contributed by atoms with van der Waals surface area (Å²) in [6, 6.07) is 0.0223. The first-order valence-electron chi connectivity index (χ1n) is 5.21. The third kappa shape index (κ3) is 5.15. The second kappa shape index (κ2) is 6.03. The molecule has 2 atom stereocenters. The lowest BCUT2D eigenvalue weighted by molar-refractivity contribution is 0.0173. The molecule has 1 aliphatic rings. The van der Waals surface area contributed by atoms with E-state index in [2.05, 4.69) is 4.72 Å². The Morgan fingerprint density at radius 2 is 2.27 bits per heavy atom. The van der Waals surface area contributed by atoms with Crippen molar-refractivity contribution in [2.75, 3.05) is 18.2 Å². The lowest BCUT2D eigenvalue weighted by Crippen LogP contribution is -2.42. The van der Waals surface area contributed by atoms with Crippen LogP contribution in [0.15, 0.2) is 0 Å². The Kier molecular flexibility index (Phi) is 5.32. The molecule has 4 nitrogen and oxygen atoms in total. The third-order valence-corrected chi connectivity index (χ3v) is 4.16. The molecule has 2 unspecified atom stereocenters. The summed E-state index contributed by atoms with van der Waals surface area (Å²) in [7, 11) is -3.16. The topological polar surface area (TPSA) is 55.4 Å². The summed E-state index contributed by atoms with van der Waals surface area (Å²) in [4.78, 5) is 0. The SMILES string of the molecule is CC1CC(NS(=O)(=O)CCCCl)CCO1. The maximum atomic E-state index is 11.6. The molecule has 15 heavy (non-hydrogen) atoms. The second-order valence-electron chi connectivity index (χ2n) is 3.88. The number of hydrogen-bond donors (Lipinski definition) is 1. The summed E-state index contributed by atoms with van der Waals surface area (Å²) in [5.41, 5.74) is 0. The molecule has 1 aliphatic heterocycles. The first kappa shape index (κ1) is 13.2. The van der Waals surface area contributed by atoms with Gasteiger partial charge in [-0.1, -0.05) is 0 Å². The van der Waals surface area contributed by atoms with E-state index in [1.807, 2.05) is 6.92 Å². The summed E-state index contributed by atoms with van der Waals surface area (Å²) >= 11 is 5.46. The van der Waals surface area contributed by atoms with Crippen molar-refractivity contribution < 1.29 is 13.2 Å². The van der Waals surface area contributed by atoms with Crippen LogP contribution >= 0.6 is 11.6 Å². The molecule has 0 aromatic carbocycles. The van der Waals surface area contributed by atoms with Gasteiger partial charge in [0, 0.05) is 18.5 Å². The van der Waals surface area contributed by atoms with E-state index in [-0.39, 0.29) is 17.9 Å². The Morgan fingerprint density at radius 3 is 2.87 bits per heavy atom. The smallest absolute Gasteiger partial charge is 0.211 e. The minimum atomic E-state index is -3.16. The first-order chi connectivity index (χ1) is 7.03. The molecule has 1 heterocycles. The van der Waals surface area contributed by atoms with Crippen molar-refractivity contribution in [3.05, 3.63) is 0 Å². The van der Waals surface area contributed by atoms with E-state index in [9.17, 15) is 8.42 Å². The maximum absolute atomic E-state index is 11.6. The molecule has 90 valence electrons. The molecule has 0 radical (unpaired) electrons. The maximum Gasteiger partial charge on any atom is 0.211 e. The average molecular weight is 256 g/mol. The van der Waals surface area contributed by atoms with Crippen molar-refractivity contribution in [2.24, 2.45) is 0 Å². The number of halogens is 1. The molecule has 0 amide bonds. The van der Waals surface area contributed by atoms with Gasteiger partial charge in [-0.3, -0.25) is 0 Å². The van der Waals surface area contributed by atoms with Gasteiger partial charge in [0.25, 0.3) is 0 Å². The van der Waals surface area contributed by atoms with Crippen molar-refractivity contribution in [2.45, 2.75) is 38.3 Å². The third-order valence-electron chi connectivity index (χ3n) is 2.38. The molecule has 1 rings (SSSR count). The van der Waals surface area contributed by atoms with Crippen molar-refractivity contribution in [3.63, 3.8) is 0 Å². The highest BCUT2D eigenvalue weighted by atomic mass is 35.5. The van der Waals surface area contributed by atoms with Gasteiger partial charge in [0.2, 0.25) is 10.0 Å². The Balaban J connectivity index is 2.39. The van der Waals surface area contributed by atoms with Crippen molar-refractivity contribution in [1.29, 1.82) is 0 Å². The van der Waals surface area contributed by atoms with Crippen LogP contribution in [-0.4, -0.2) is 38.8 Å². The van der Waals surface area contributed by atoms with Crippen LogP contribution in [0, 0.1) is 0 Å².